The Morgan fingerprint density at radius 3 is 2.92 bits per heavy atom. The van der Waals surface area contributed by atoms with E-state index in [1.54, 1.807) is 6.07 Å². The Balaban J connectivity index is 2.94. The number of aromatic nitrogens is 1. The second-order valence-electron chi connectivity index (χ2n) is 3.00. The molecule has 0 bridgehead atoms. The first-order valence-corrected chi connectivity index (χ1v) is 4.37. The van der Waals surface area contributed by atoms with E-state index in [2.05, 4.69) is 4.98 Å². The Kier molecular flexibility index (Phi) is 1.85. The van der Waals surface area contributed by atoms with E-state index >= 15 is 0 Å². The molecule has 0 saturated carbocycles. The van der Waals surface area contributed by atoms with Gasteiger partial charge in [0.2, 0.25) is 0 Å². The van der Waals surface area contributed by atoms with Crippen LogP contribution in [0.15, 0.2) is 24.3 Å². The maximum absolute atomic E-state index is 6.01. The highest BCUT2D eigenvalue weighted by Gasteiger charge is 2.03. The summed E-state index contributed by atoms with van der Waals surface area (Å²) in [5.41, 5.74) is 7.57. The molecule has 0 unspecified atom stereocenters. The van der Waals surface area contributed by atoms with E-state index in [1.165, 1.54) is 0 Å². The number of nitrogens with zero attached hydrogens (tertiary/aromatic N) is 1. The van der Waals surface area contributed by atoms with E-state index in [0.29, 0.717) is 10.8 Å². The van der Waals surface area contributed by atoms with Crippen molar-refractivity contribution in [1.82, 2.24) is 4.98 Å². The van der Waals surface area contributed by atoms with Gasteiger partial charge in [-0.1, -0.05) is 29.8 Å². The van der Waals surface area contributed by atoms with Crippen molar-refractivity contribution in [3.05, 3.63) is 34.9 Å². The summed E-state index contributed by atoms with van der Waals surface area (Å²) in [5, 5.41) is 1.61. The molecule has 2 rings (SSSR count). The van der Waals surface area contributed by atoms with Gasteiger partial charge in [0.05, 0.1) is 10.5 Å². The topological polar surface area (TPSA) is 38.9 Å². The van der Waals surface area contributed by atoms with Crippen molar-refractivity contribution in [2.75, 3.05) is 5.73 Å². The van der Waals surface area contributed by atoms with Gasteiger partial charge >= 0.3 is 0 Å². The lowest BCUT2D eigenvalue weighted by Crippen LogP contribution is -1.92. The molecule has 1 heterocycles. The lowest BCUT2D eigenvalue weighted by molar-refractivity contribution is 1.37. The van der Waals surface area contributed by atoms with Crippen LogP contribution in [0.3, 0.4) is 0 Å². The van der Waals surface area contributed by atoms with Crippen LogP contribution in [0.1, 0.15) is 5.56 Å². The number of hydrogen-bond acceptors (Lipinski definition) is 2. The number of halogens is 1. The second-order valence-corrected chi connectivity index (χ2v) is 3.41. The number of para-hydroxylation sites is 1. The minimum absolute atomic E-state index is 0.465. The maximum Gasteiger partial charge on any atom is 0.125 e. The predicted octanol–water partition coefficient (Wildman–Crippen LogP) is 2.78. The third-order valence-electron chi connectivity index (χ3n) is 2.01. The lowest BCUT2D eigenvalue weighted by atomic mass is 10.1. The zero-order chi connectivity index (χ0) is 9.42. The minimum Gasteiger partial charge on any atom is -0.384 e. The molecule has 1 aromatic heterocycles. The molecule has 13 heavy (non-hydrogen) atoms. The molecule has 0 fully saturated rings. The fourth-order valence-electron chi connectivity index (χ4n) is 1.37. The highest BCUT2D eigenvalue weighted by molar-refractivity contribution is 6.35. The van der Waals surface area contributed by atoms with Crippen LogP contribution in [0.4, 0.5) is 5.82 Å². The quantitative estimate of drug-likeness (QED) is 0.697. The van der Waals surface area contributed by atoms with Crippen LogP contribution in [0.5, 0.6) is 0 Å². The Morgan fingerprint density at radius 2 is 2.15 bits per heavy atom. The molecule has 0 radical (unpaired) electrons. The molecule has 3 heteroatoms. The van der Waals surface area contributed by atoms with Gasteiger partial charge in [-0.2, -0.15) is 0 Å². The van der Waals surface area contributed by atoms with Crippen molar-refractivity contribution >= 4 is 28.3 Å². The fourth-order valence-corrected chi connectivity index (χ4v) is 1.63. The van der Waals surface area contributed by atoms with Gasteiger partial charge in [-0.05, 0) is 18.6 Å². The van der Waals surface area contributed by atoms with Gasteiger partial charge in [0.25, 0.3) is 0 Å². The van der Waals surface area contributed by atoms with E-state index in [4.69, 9.17) is 17.3 Å². The summed E-state index contributed by atoms with van der Waals surface area (Å²) in [6.45, 7) is 1.99. The molecular formula is C10H9ClN2. The number of hydrogen-bond donors (Lipinski definition) is 1. The largest absolute Gasteiger partial charge is 0.384 e. The van der Waals surface area contributed by atoms with Crippen LogP contribution in [0.25, 0.3) is 10.9 Å². The van der Waals surface area contributed by atoms with E-state index in [0.717, 1.165) is 16.5 Å². The summed E-state index contributed by atoms with van der Waals surface area (Å²) in [5.74, 6) is 0.465. The molecule has 0 atom stereocenters. The molecular weight excluding hydrogens is 184 g/mol. The number of anilines is 1. The van der Waals surface area contributed by atoms with E-state index in [-0.39, 0.29) is 0 Å². The number of aryl methyl sites for hydroxylation is 1. The van der Waals surface area contributed by atoms with Gasteiger partial charge in [-0.3, -0.25) is 0 Å². The molecule has 0 saturated heterocycles. The minimum atomic E-state index is 0.465. The van der Waals surface area contributed by atoms with Crippen molar-refractivity contribution in [1.29, 1.82) is 0 Å². The molecule has 0 spiro atoms. The first kappa shape index (κ1) is 8.32. The second kappa shape index (κ2) is 2.89. The summed E-state index contributed by atoms with van der Waals surface area (Å²) in [6, 6.07) is 7.56. The predicted molar refractivity (Wildman–Crippen MR) is 55.9 cm³/mol. The Hall–Kier alpha value is -1.28. The van der Waals surface area contributed by atoms with Gasteiger partial charge in [0, 0.05) is 5.39 Å². The van der Waals surface area contributed by atoms with Crippen LogP contribution in [-0.2, 0) is 0 Å². The fraction of sp³-hybridized carbons (Fsp3) is 0.100. The smallest absolute Gasteiger partial charge is 0.125 e. The highest BCUT2D eigenvalue weighted by Crippen LogP contribution is 2.25. The van der Waals surface area contributed by atoms with Gasteiger partial charge in [0.1, 0.15) is 5.82 Å². The molecule has 2 N–H and O–H groups in total. The molecule has 0 aliphatic rings. The average molecular weight is 193 g/mol. The lowest BCUT2D eigenvalue weighted by Gasteiger charge is -2.03. The summed E-state index contributed by atoms with van der Waals surface area (Å²) in [6.07, 6.45) is 0. The first-order valence-electron chi connectivity index (χ1n) is 4.00. The maximum atomic E-state index is 6.01. The van der Waals surface area contributed by atoms with Gasteiger partial charge in [0.15, 0.2) is 0 Å². The van der Waals surface area contributed by atoms with Crippen LogP contribution in [0.2, 0.25) is 5.02 Å². The molecule has 2 aromatic rings. The van der Waals surface area contributed by atoms with Crippen LogP contribution in [0, 0.1) is 6.92 Å². The number of fused-ring (bicyclic) bond motifs is 1. The molecule has 0 amide bonds. The van der Waals surface area contributed by atoms with Crippen LogP contribution in [-0.4, -0.2) is 4.98 Å². The summed E-state index contributed by atoms with van der Waals surface area (Å²) in [7, 11) is 0. The van der Waals surface area contributed by atoms with Crippen molar-refractivity contribution < 1.29 is 0 Å². The summed E-state index contributed by atoms with van der Waals surface area (Å²) in [4.78, 5) is 4.23. The summed E-state index contributed by atoms with van der Waals surface area (Å²) < 4.78 is 0. The molecule has 0 aliphatic carbocycles. The van der Waals surface area contributed by atoms with Crippen molar-refractivity contribution in [3.8, 4) is 0 Å². The molecule has 0 aliphatic heterocycles. The van der Waals surface area contributed by atoms with Gasteiger partial charge in [-0.25, -0.2) is 4.98 Å². The summed E-state index contributed by atoms with van der Waals surface area (Å²) >= 11 is 6.01. The Labute approximate surface area is 81.3 Å². The normalized spacial score (nSPS) is 10.6. The number of rotatable bonds is 0. The van der Waals surface area contributed by atoms with Crippen molar-refractivity contribution in [2.45, 2.75) is 6.92 Å². The number of benzene rings is 1. The highest BCUT2D eigenvalue weighted by atomic mass is 35.5. The van der Waals surface area contributed by atoms with Crippen LogP contribution >= 0.6 is 11.6 Å². The third-order valence-corrected chi connectivity index (χ3v) is 2.32. The van der Waals surface area contributed by atoms with Crippen molar-refractivity contribution in [3.63, 3.8) is 0 Å². The van der Waals surface area contributed by atoms with E-state index < -0.39 is 0 Å². The average Bonchev–Trinajstić information content (AvgIpc) is 2.07. The van der Waals surface area contributed by atoms with E-state index in [1.807, 2.05) is 25.1 Å². The standard InChI is InChI=1S/C10H9ClN2/c1-6-3-2-4-7-8(11)5-9(12)13-10(6)7/h2-5H,1H3,(H2,12,13). The monoisotopic (exact) mass is 192 g/mol. The molecule has 66 valence electrons. The first-order chi connectivity index (χ1) is 6.18. The van der Waals surface area contributed by atoms with Gasteiger partial charge in [-0.15, -0.1) is 0 Å². The van der Waals surface area contributed by atoms with E-state index in [9.17, 15) is 0 Å². The number of nitrogens with two attached hydrogens (primary N) is 1. The Morgan fingerprint density at radius 1 is 1.38 bits per heavy atom. The zero-order valence-electron chi connectivity index (χ0n) is 7.21. The third kappa shape index (κ3) is 1.33. The SMILES string of the molecule is Cc1cccc2c(Cl)cc(N)nc12. The number of nitrogen functional groups attached to an aromatic ring is 1. The number of pyridine rings is 1. The van der Waals surface area contributed by atoms with Gasteiger partial charge < -0.3 is 5.73 Å². The molecule has 1 aromatic carbocycles. The van der Waals surface area contributed by atoms with Crippen molar-refractivity contribution in [2.24, 2.45) is 0 Å². The zero-order valence-corrected chi connectivity index (χ0v) is 7.97. The van der Waals surface area contributed by atoms with Crippen LogP contribution < -0.4 is 5.73 Å². The molecule has 2 nitrogen and oxygen atoms in total. The Bertz CT molecular complexity index is 466.